The number of cyclic esters (lactones) is 1. The first-order valence-electron chi connectivity index (χ1n) is 6.41. The van der Waals surface area contributed by atoms with E-state index in [0.717, 1.165) is 5.56 Å². The van der Waals surface area contributed by atoms with Gasteiger partial charge in [-0.3, -0.25) is 9.69 Å². The van der Waals surface area contributed by atoms with Crippen molar-refractivity contribution in [3.63, 3.8) is 0 Å². The van der Waals surface area contributed by atoms with Crippen molar-refractivity contribution in [3.8, 4) is 0 Å². The number of carbonyl (C=O) groups is 1. The molecule has 0 aliphatic carbocycles. The van der Waals surface area contributed by atoms with Gasteiger partial charge in [-0.05, 0) is 5.56 Å². The molecule has 3 unspecified atom stereocenters. The van der Waals surface area contributed by atoms with Crippen molar-refractivity contribution in [3.05, 3.63) is 35.9 Å². The van der Waals surface area contributed by atoms with Gasteiger partial charge in [0, 0.05) is 13.7 Å². The first kappa shape index (κ1) is 12.6. The highest BCUT2D eigenvalue weighted by molar-refractivity contribution is 5.78. The average molecular weight is 263 g/mol. The second kappa shape index (κ2) is 5.28. The van der Waals surface area contributed by atoms with Gasteiger partial charge in [0.25, 0.3) is 0 Å². The molecular weight excluding hydrogens is 246 g/mol. The van der Waals surface area contributed by atoms with Gasteiger partial charge in [-0.25, -0.2) is 0 Å². The van der Waals surface area contributed by atoms with E-state index in [1.54, 1.807) is 7.11 Å². The van der Waals surface area contributed by atoms with Crippen LogP contribution < -0.4 is 0 Å². The maximum absolute atomic E-state index is 11.8. The molecule has 1 aromatic rings. The third-order valence-corrected chi connectivity index (χ3v) is 3.58. The molecule has 5 nitrogen and oxygen atoms in total. The average Bonchev–Trinajstić information content (AvgIpc) is 2.81. The zero-order valence-electron chi connectivity index (χ0n) is 10.8. The Hall–Kier alpha value is -1.43. The largest absolute Gasteiger partial charge is 0.462 e. The molecule has 0 N–H and O–H groups in total. The Bertz CT molecular complexity index is 450. The molecule has 0 amide bonds. The number of hydrogen-bond acceptors (Lipinski definition) is 5. The van der Waals surface area contributed by atoms with Crippen LogP contribution in [-0.2, 0) is 25.5 Å². The molecule has 102 valence electrons. The third kappa shape index (κ3) is 2.49. The number of methoxy groups -OCH3 is 1. The monoisotopic (exact) mass is 263 g/mol. The van der Waals surface area contributed by atoms with Gasteiger partial charge in [-0.2, -0.15) is 0 Å². The van der Waals surface area contributed by atoms with Crippen LogP contribution in [0, 0.1) is 0 Å². The van der Waals surface area contributed by atoms with Crippen molar-refractivity contribution < 1.29 is 19.0 Å². The molecule has 5 heteroatoms. The van der Waals surface area contributed by atoms with E-state index in [2.05, 4.69) is 4.90 Å². The smallest absolute Gasteiger partial charge is 0.326 e. The Morgan fingerprint density at radius 2 is 2.16 bits per heavy atom. The molecule has 2 aliphatic rings. The topological polar surface area (TPSA) is 48.0 Å². The van der Waals surface area contributed by atoms with Crippen LogP contribution in [0.4, 0.5) is 0 Å². The van der Waals surface area contributed by atoms with E-state index in [0.29, 0.717) is 19.7 Å². The van der Waals surface area contributed by atoms with Gasteiger partial charge < -0.3 is 14.2 Å². The maximum Gasteiger partial charge on any atom is 0.326 e. The Kier molecular flexibility index (Phi) is 3.50. The molecule has 2 aliphatic heterocycles. The van der Waals surface area contributed by atoms with E-state index in [4.69, 9.17) is 14.2 Å². The number of morpholine rings is 1. The number of ether oxygens (including phenoxy) is 3. The molecule has 1 aromatic carbocycles. The molecule has 0 radical (unpaired) electrons. The summed E-state index contributed by atoms with van der Waals surface area (Å²) in [7, 11) is 1.61. The number of nitrogens with zero attached hydrogens (tertiary/aromatic N) is 1. The van der Waals surface area contributed by atoms with Crippen molar-refractivity contribution in [2.24, 2.45) is 0 Å². The number of hydrogen-bond donors (Lipinski definition) is 0. The Labute approximate surface area is 112 Å². The molecule has 19 heavy (non-hydrogen) atoms. The summed E-state index contributed by atoms with van der Waals surface area (Å²) in [5, 5.41) is 0. The Balaban J connectivity index is 1.78. The van der Waals surface area contributed by atoms with Crippen molar-refractivity contribution in [1.29, 1.82) is 0 Å². The fraction of sp³-hybridized carbons (Fsp3) is 0.500. The highest BCUT2D eigenvalue weighted by Gasteiger charge is 2.47. The molecule has 2 fully saturated rings. The van der Waals surface area contributed by atoms with Crippen LogP contribution in [0.15, 0.2) is 30.3 Å². The van der Waals surface area contributed by atoms with E-state index >= 15 is 0 Å². The molecule has 0 saturated carbocycles. The SMILES string of the molecule is COC1CN(Cc2ccccc2)C2C(=O)OCC2O1. The van der Waals surface area contributed by atoms with Crippen molar-refractivity contribution in [1.82, 2.24) is 4.90 Å². The minimum atomic E-state index is -0.313. The van der Waals surface area contributed by atoms with Gasteiger partial charge in [0.1, 0.15) is 18.8 Å². The number of rotatable bonds is 3. The zero-order valence-corrected chi connectivity index (χ0v) is 10.8. The lowest BCUT2D eigenvalue weighted by Gasteiger charge is -2.38. The highest BCUT2D eigenvalue weighted by Crippen LogP contribution is 2.26. The summed E-state index contributed by atoms with van der Waals surface area (Å²) >= 11 is 0. The van der Waals surface area contributed by atoms with Crippen molar-refractivity contribution in [2.75, 3.05) is 20.3 Å². The Morgan fingerprint density at radius 3 is 2.89 bits per heavy atom. The fourth-order valence-electron chi connectivity index (χ4n) is 2.64. The second-order valence-electron chi connectivity index (χ2n) is 4.83. The lowest BCUT2D eigenvalue weighted by molar-refractivity contribution is -0.208. The minimum Gasteiger partial charge on any atom is -0.462 e. The summed E-state index contributed by atoms with van der Waals surface area (Å²) in [6.45, 7) is 1.58. The quantitative estimate of drug-likeness (QED) is 0.754. The lowest BCUT2D eigenvalue weighted by atomic mass is 10.1. The fourth-order valence-corrected chi connectivity index (χ4v) is 2.64. The summed E-state index contributed by atoms with van der Waals surface area (Å²) in [5.41, 5.74) is 1.16. The third-order valence-electron chi connectivity index (χ3n) is 3.58. The number of benzene rings is 1. The number of esters is 1. The van der Waals surface area contributed by atoms with Gasteiger partial charge in [-0.15, -0.1) is 0 Å². The maximum atomic E-state index is 11.8. The van der Waals surface area contributed by atoms with Gasteiger partial charge in [0.15, 0.2) is 6.29 Å². The van der Waals surface area contributed by atoms with Crippen LogP contribution in [-0.4, -0.2) is 49.6 Å². The predicted octanol–water partition coefficient (Wildman–Crippen LogP) is 0.785. The lowest BCUT2D eigenvalue weighted by Crippen LogP contribution is -2.55. The van der Waals surface area contributed by atoms with E-state index in [1.807, 2.05) is 30.3 Å². The van der Waals surface area contributed by atoms with E-state index < -0.39 is 0 Å². The van der Waals surface area contributed by atoms with E-state index in [-0.39, 0.29) is 24.4 Å². The van der Waals surface area contributed by atoms with Crippen LogP contribution in [0.5, 0.6) is 0 Å². The van der Waals surface area contributed by atoms with E-state index in [9.17, 15) is 4.79 Å². The molecule has 3 rings (SSSR count). The van der Waals surface area contributed by atoms with Gasteiger partial charge in [0.2, 0.25) is 0 Å². The predicted molar refractivity (Wildman–Crippen MR) is 67.3 cm³/mol. The van der Waals surface area contributed by atoms with Gasteiger partial charge in [0.05, 0.1) is 6.54 Å². The van der Waals surface area contributed by atoms with Crippen LogP contribution in [0.2, 0.25) is 0 Å². The van der Waals surface area contributed by atoms with Crippen LogP contribution in [0.3, 0.4) is 0 Å². The normalized spacial score (nSPS) is 31.0. The number of carbonyl (C=O) groups excluding carboxylic acids is 1. The molecule has 2 saturated heterocycles. The van der Waals surface area contributed by atoms with E-state index in [1.165, 1.54) is 0 Å². The zero-order chi connectivity index (χ0) is 13.2. The second-order valence-corrected chi connectivity index (χ2v) is 4.83. The molecule has 0 aromatic heterocycles. The Morgan fingerprint density at radius 1 is 1.37 bits per heavy atom. The van der Waals surface area contributed by atoms with Gasteiger partial charge >= 0.3 is 5.97 Å². The summed E-state index contributed by atoms with van der Waals surface area (Å²) in [6, 6.07) is 9.75. The molecule has 0 bridgehead atoms. The first-order valence-corrected chi connectivity index (χ1v) is 6.41. The van der Waals surface area contributed by atoms with Crippen LogP contribution in [0.25, 0.3) is 0 Å². The standard InChI is InChI=1S/C14H17NO4/c1-17-12-8-15(7-10-5-3-2-4-6-10)13-11(19-12)9-18-14(13)16/h2-6,11-13H,7-9H2,1H3. The molecule has 0 spiro atoms. The highest BCUT2D eigenvalue weighted by atomic mass is 16.7. The molecule has 2 heterocycles. The first-order chi connectivity index (χ1) is 9.28. The number of fused-ring (bicyclic) bond motifs is 1. The summed E-state index contributed by atoms with van der Waals surface area (Å²) in [4.78, 5) is 13.9. The van der Waals surface area contributed by atoms with Crippen molar-refractivity contribution in [2.45, 2.75) is 25.0 Å². The van der Waals surface area contributed by atoms with Crippen LogP contribution >= 0.6 is 0 Å². The summed E-state index contributed by atoms with van der Waals surface area (Å²) in [5.74, 6) is -0.199. The van der Waals surface area contributed by atoms with Gasteiger partial charge in [-0.1, -0.05) is 30.3 Å². The minimum absolute atomic E-state index is 0.199. The van der Waals surface area contributed by atoms with Crippen molar-refractivity contribution >= 4 is 5.97 Å². The molecular formula is C14H17NO4. The molecule has 3 atom stereocenters. The van der Waals surface area contributed by atoms with Crippen LogP contribution in [0.1, 0.15) is 5.56 Å². The summed E-state index contributed by atoms with van der Waals surface area (Å²) in [6.07, 6.45) is -0.533. The summed E-state index contributed by atoms with van der Waals surface area (Å²) < 4.78 is 16.1.